The highest BCUT2D eigenvalue weighted by molar-refractivity contribution is 5.89. The fourth-order valence-electron chi connectivity index (χ4n) is 2.13. The lowest BCUT2D eigenvalue weighted by Gasteiger charge is -2.05. The molecule has 0 fully saturated rings. The Balaban J connectivity index is 2.19. The Hall–Kier alpha value is -2.75. The number of benzene rings is 2. The Bertz CT molecular complexity index is 819. The monoisotopic (exact) mass is 267 g/mol. The van der Waals surface area contributed by atoms with Crippen LogP contribution < -0.4 is 15.9 Å². The molecule has 0 radical (unpaired) electrons. The van der Waals surface area contributed by atoms with E-state index in [1.807, 2.05) is 24.3 Å². The first-order chi connectivity index (χ1) is 9.69. The molecule has 20 heavy (non-hydrogen) atoms. The van der Waals surface area contributed by atoms with E-state index in [2.05, 4.69) is 0 Å². The van der Waals surface area contributed by atoms with Gasteiger partial charge in [-0.3, -0.25) is 4.79 Å². The van der Waals surface area contributed by atoms with Gasteiger partial charge >= 0.3 is 0 Å². The molecule has 0 amide bonds. The van der Waals surface area contributed by atoms with Crippen LogP contribution in [0.25, 0.3) is 22.3 Å². The molecule has 4 nitrogen and oxygen atoms in total. The van der Waals surface area contributed by atoms with Crippen LogP contribution >= 0.6 is 0 Å². The van der Waals surface area contributed by atoms with Crippen LogP contribution in [-0.4, -0.2) is 7.11 Å². The van der Waals surface area contributed by atoms with Crippen molar-refractivity contribution in [3.05, 3.63) is 58.8 Å². The molecule has 0 atom stereocenters. The van der Waals surface area contributed by atoms with Crippen molar-refractivity contribution < 1.29 is 9.15 Å². The van der Waals surface area contributed by atoms with Gasteiger partial charge in [-0.25, -0.2) is 0 Å². The van der Waals surface area contributed by atoms with E-state index >= 15 is 0 Å². The quantitative estimate of drug-likeness (QED) is 0.725. The summed E-state index contributed by atoms with van der Waals surface area (Å²) < 4.78 is 10.9. The van der Waals surface area contributed by atoms with Gasteiger partial charge in [0.05, 0.1) is 12.5 Å². The van der Waals surface area contributed by atoms with E-state index in [9.17, 15) is 4.79 Å². The number of methoxy groups -OCH3 is 1. The van der Waals surface area contributed by atoms with E-state index in [0.29, 0.717) is 22.4 Å². The van der Waals surface area contributed by atoms with Gasteiger partial charge in [0, 0.05) is 17.3 Å². The summed E-state index contributed by atoms with van der Waals surface area (Å²) >= 11 is 0. The van der Waals surface area contributed by atoms with Gasteiger partial charge in [0.1, 0.15) is 17.1 Å². The Morgan fingerprint density at radius 2 is 1.85 bits per heavy atom. The number of nitrogens with two attached hydrogens (primary N) is 1. The number of ether oxygens (including phenoxy) is 1. The maximum absolute atomic E-state index is 12.2. The molecule has 0 saturated carbocycles. The first-order valence-corrected chi connectivity index (χ1v) is 6.16. The number of rotatable bonds is 2. The van der Waals surface area contributed by atoms with Gasteiger partial charge in [-0.15, -0.1) is 0 Å². The highest BCUT2D eigenvalue weighted by atomic mass is 16.5. The summed E-state index contributed by atoms with van der Waals surface area (Å²) in [6.07, 6.45) is 0. The number of anilines is 1. The van der Waals surface area contributed by atoms with Crippen LogP contribution in [0, 0.1) is 0 Å². The van der Waals surface area contributed by atoms with Crippen LogP contribution in [-0.2, 0) is 0 Å². The maximum atomic E-state index is 12.2. The molecule has 1 heterocycles. The summed E-state index contributed by atoms with van der Waals surface area (Å²) in [7, 11) is 1.61. The minimum Gasteiger partial charge on any atom is -0.497 e. The van der Waals surface area contributed by atoms with Gasteiger partial charge in [0.2, 0.25) is 0 Å². The molecule has 0 bridgehead atoms. The second-order valence-electron chi connectivity index (χ2n) is 4.42. The van der Waals surface area contributed by atoms with Crippen molar-refractivity contribution in [2.24, 2.45) is 0 Å². The normalized spacial score (nSPS) is 10.7. The molecule has 0 aliphatic rings. The topological polar surface area (TPSA) is 65.5 Å². The molecular formula is C16H13NO3. The summed E-state index contributed by atoms with van der Waals surface area (Å²) in [5, 5.41) is 0.421. The summed E-state index contributed by atoms with van der Waals surface area (Å²) in [6.45, 7) is 0. The highest BCUT2D eigenvalue weighted by Gasteiger charge is 2.09. The highest BCUT2D eigenvalue weighted by Crippen LogP contribution is 2.25. The standard InChI is InChI=1S/C16H13NO3/c1-19-11-7-5-10(6-8-11)15-9-13(18)16-12(17)3-2-4-14(16)20-15/h2-9H,17H2,1H3. The van der Waals surface area contributed by atoms with Gasteiger partial charge in [-0.2, -0.15) is 0 Å². The van der Waals surface area contributed by atoms with Crippen molar-refractivity contribution in [3.8, 4) is 17.1 Å². The van der Waals surface area contributed by atoms with E-state index in [1.54, 1.807) is 25.3 Å². The molecule has 0 unspecified atom stereocenters. The van der Waals surface area contributed by atoms with E-state index in [4.69, 9.17) is 14.9 Å². The Kier molecular flexibility index (Phi) is 2.91. The van der Waals surface area contributed by atoms with Crippen molar-refractivity contribution in [1.29, 1.82) is 0 Å². The molecule has 2 aromatic carbocycles. The Morgan fingerprint density at radius 3 is 2.55 bits per heavy atom. The van der Waals surface area contributed by atoms with Gasteiger partial charge < -0.3 is 14.9 Å². The van der Waals surface area contributed by atoms with Crippen molar-refractivity contribution in [2.75, 3.05) is 12.8 Å². The third-order valence-corrected chi connectivity index (χ3v) is 3.16. The zero-order chi connectivity index (χ0) is 14.1. The SMILES string of the molecule is COc1ccc(-c2cc(=O)c3c(N)cccc3o2)cc1. The average Bonchev–Trinajstić information content (AvgIpc) is 2.47. The van der Waals surface area contributed by atoms with Gasteiger partial charge in [-0.05, 0) is 36.4 Å². The van der Waals surface area contributed by atoms with Crippen LogP contribution in [0.4, 0.5) is 5.69 Å². The zero-order valence-electron chi connectivity index (χ0n) is 10.9. The van der Waals surface area contributed by atoms with Crippen LogP contribution in [0.1, 0.15) is 0 Å². The Labute approximate surface area is 115 Å². The number of nitrogen functional groups attached to an aromatic ring is 1. The fourth-order valence-corrected chi connectivity index (χ4v) is 2.13. The van der Waals surface area contributed by atoms with Crippen LogP contribution in [0.2, 0.25) is 0 Å². The maximum Gasteiger partial charge on any atom is 0.195 e. The first kappa shape index (κ1) is 12.3. The summed E-state index contributed by atoms with van der Waals surface area (Å²) in [4.78, 5) is 12.2. The summed E-state index contributed by atoms with van der Waals surface area (Å²) in [6, 6.07) is 14.0. The lowest BCUT2D eigenvalue weighted by atomic mass is 10.1. The molecule has 0 spiro atoms. The minimum atomic E-state index is -0.143. The lowest BCUT2D eigenvalue weighted by molar-refractivity contribution is 0.415. The molecule has 0 aliphatic carbocycles. The number of fused-ring (bicyclic) bond motifs is 1. The molecule has 3 rings (SSSR count). The van der Waals surface area contributed by atoms with Crippen molar-refractivity contribution in [3.63, 3.8) is 0 Å². The van der Waals surface area contributed by atoms with Gasteiger partial charge in [0.25, 0.3) is 0 Å². The fraction of sp³-hybridized carbons (Fsp3) is 0.0625. The molecule has 100 valence electrons. The number of hydrogen-bond acceptors (Lipinski definition) is 4. The van der Waals surface area contributed by atoms with Crippen molar-refractivity contribution >= 4 is 16.7 Å². The second kappa shape index (κ2) is 4.74. The van der Waals surface area contributed by atoms with Crippen LogP contribution in [0.5, 0.6) is 5.75 Å². The molecule has 1 aromatic heterocycles. The molecule has 0 saturated heterocycles. The minimum absolute atomic E-state index is 0.143. The molecule has 3 aromatic rings. The Morgan fingerprint density at radius 1 is 1.10 bits per heavy atom. The first-order valence-electron chi connectivity index (χ1n) is 6.16. The van der Waals surface area contributed by atoms with E-state index < -0.39 is 0 Å². The summed E-state index contributed by atoms with van der Waals surface area (Å²) in [5.41, 5.74) is 7.39. The van der Waals surface area contributed by atoms with Gasteiger partial charge in [0.15, 0.2) is 5.43 Å². The molecular weight excluding hydrogens is 254 g/mol. The van der Waals surface area contributed by atoms with Gasteiger partial charge in [-0.1, -0.05) is 6.07 Å². The zero-order valence-corrected chi connectivity index (χ0v) is 10.9. The van der Waals surface area contributed by atoms with Crippen molar-refractivity contribution in [2.45, 2.75) is 0 Å². The van der Waals surface area contributed by atoms with Crippen LogP contribution in [0.3, 0.4) is 0 Å². The lowest BCUT2D eigenvalue weighted by Crippen LogP contribution is -2.03. The smallest absolute Gasteiger partial charge is 0.195 e. The van der Waals surface area contributed by atoms with E-state index in [0.717, 1.165) is 11.3 Å². The third kappa shape index (κ3) is 2.01. The molecule has 0 aliphatic heterocycles. The predicted octanol–water partition coefficient (Wildman–Crippen LogP) is 3.05. The number of hydrogen-bond donors (Lipinski definition) is 1. The average molecular weight is 267 g/mol. The van der Waals surface area contributed by atoms with E-state index in [-0.39, 0.29) is 5.43 Å². The largest absolute Gasteiger partial charge is 0.497 e. The van der Waals surface area contributed by atoms with Crippen LogP contribution in [0.15, 0.2) is 57.7 Å². The van der Waals surface area contributed by atoms with Crippen molar-refractivity contribution in [1.82, 2.24) is 0 Å². The molecule has 2 N–H and O–H groups in total. The molecule has 4 heteroatoms. The predicted molar refractivity (Wildman–Crippen MR) is 78.9 cm³/mol. The third-order valence-electron chi connectivity index (χ3n) is 3.16. The van der Waals surface area contributed by atoms with E-state index in [1.165, 1.54) is 6.07 Å². The second-order valence-corrected chi connectivity index (χ2v) is 4.42. The summed E-state index contributed by atoms with van der Waals surface area (Å²) in [5.74, 6) is 1.26.